The molecule has 2 heteroatoms. The maximum absolute atomic E-state index is 2.47. The fourth-order valence-electron chi connectivity index (χ4n) is 8.92. The van der Waals surface area contributed by atoms with Gasteiger partial charge in [-0.05, 0) is 86.4 Å². The third-order valence-electron chi connectivity index (χ3n) is 11.6. The number of fused-ring (bicyclic) bond motifs is 5. The molecular weight excluding hydrogens is 701 g/mol. The van der Waals surface area contributed by atoms with Crippen molar-refractivity contribution in [3.63, 3.8) is 0 Å². The topological polar surface area (TPSA) is 8.17 Å². The van der Waals surface area contributed by atoms with Gasteiger partial charge in [-0.15, -0.1) is 0 Å². The highest BCUT2D eigenvalue weighted by atomic mass is 15.1. The van der Waals surface area contributed by atoms with Gasteiger partial charge in [0.2, 0.25) is 0 Å². The summed E-state index contributed by atoms with van der Waals surface area (Å²) < 4.78 is 2.47. The second-order valence-corrected chi connectivity index (χ2v) is 14.9. The Labute approximate surface area is 338 Å². The van der Waals surface area contributed by atoms with Crippen molar-refractivity contribution in [2.45, 2.75) is 0 Å². The van der Waals surface area contributed by atoms with E-state index in [1.807, 2.05) is 0 Å². The van der Waals surface area contributed by atoms with Crippen molar-refractivity contribution in [1.82, 2.24) is 4.57 Å². The molecule has 58 heavy (non-hydrogen) atoms. The Morgan fingerprint density at radius 3 is 1.71 bits per heavy atom. The molecule has 11 rings (SSSR count). The number of benzene rings is 10. The molecule has 0 bridgehead atoms. The van der Waals surface area contributed by atoms with E-state index >= 15 is 0 Å². The van der Waals surface area contributed by atoms with Crippen LogP contribution < -0.4 is 4.90 Å². The summed E-state index contributed by atoms with van der Waals surface area (Å²) in [6.07, 6.45) is 0. The van der Waals surface area contributed by atoms with Crippen LogP contribution in [0.1, 0.15) is 0 Å². The molecule has 0 amide bonds. The second-order valence-electron chi connectivity index (χ2n) is 14.9. The Morgan fingerprint density at radius 2 is 0.879 bits per heavy atom. The van der Waals surface area contributed by atoms with Crippen LogP contribution in [0.15, 0.2) is 231 Å². The lowest BCUT2D eigenvalue weighted by Crippen LogP contribution is -2.10. The number of rotatable bonds is 7. The van der Waals surface area contributed by atoms with Crippen molar-refractivity contribution in [2.75, 3.05) is 4.90 Å². The van der Waals surface area contributed by atoms with E-state index in [0.29, 0.717) is 0 Å². The molecule has 2 nitrogen and oxygen atoms in total. The van der Waals surface area contributed by atoms with Gasteiger partial charge >= 0.3 is 0 Å². The third-order valence-corrected chi connectivity index (χ3v) is 11.6. The highest BCUT2D eigenvalue weighted by Gasteiger charge is 2.21. The van der Waals surface area contributed by atoms with Gasteiger partial charge in [-0.3, -0.25) is 0 Å². The van der Waals surface area contributed by atoms with E-state index in [4.69, 9.17) is 0 Å². The van der Waals surface area contributed by atoms with Crippen LogP contribution in [0.25, 0.3) is 82.4 Å². The fourth-order valence-corrected chi connectivity index (χ4v) is 8.92. The van der Waals surface area contributed by atoms with Crippen LogP contribution in [0.3, 0.4) is 0 Å². The van der Waals surface area contributed by atoms with Crippen LogP contribution in [0.4, 0.5) is 17.1 Å². The maximum atomic E-state index is 2.47. The van der Waals surface area contributed by atoms with Gasteiger partial charge in [0.1, 0.15) is 0 Å². The molecule has 0 radical (unpaired) electrons. The SMILES string of the molecule is c1ccc(-c2ccc(-c3ccc(N(c4ccccc4)c4ccc5c6ccccc6n(-c6ccccc6-c6cccc7ccccc67)c5c4)c4ccccc34)cc2)cc1. The summed E-state index contributed by atoms with van der Waals surface area (Å²) in [4.78, 5) is 2.42. The van der Waals surface area contributed by atoms with Crippen LogP contribution in [0.2, 0.25) is 0 Å². The van der Waals surface area contributed by atoms with Crippen LogP contribution in [-0.4, -0.2) is 4.57 Å². The predicted molar refractivity (Wildman–Crippen MR) is 247 cm³/mol. The van der Waals surface area contributed by atoms with Gasteiger partial charge in [-0.2, -0.15) is 0 Å². The molecule has 0 aliphatic carbocycles. The molecule has 272 valence electrons. The second kappa shape index (κ2) is 14.1. The van der Waals surface area contributed by atoms with Crippen molar-refractivity contribution >= 4 is 60.4 Å². The number of hydrogen-bond donors (Lipinski definition) is 0. The number of para-hydroxylation sites is 3. The van der Waals surface area contributed by atoms with Gasteiger partial charge in [-0.25, -0.2) is 0 Å². The average Bonchev–Trinajstić information content (AvgIpc) is 3.63. The van der Waals surface area contributed by atoms with E-state index in [9.17, 15) is 0 Å². The summed E-state index contributed by atoms with van der Waals surface area (Å²) in [5.74, 6) is 0. The fraction of sp³-hybridized carbons (Fsp3) is 0. The summed E-state index contributed by atoms with van der Waals surface area (Å²) in [6, 6.07) is 83.7. The van der Waals surface area contributed by atoms with Crippen LogP contribution in [0.5, 0.6) is 0 Å². The first-order valence-corrected chi connectivity index (χ1v) is 19.9. The molecule has 0 aliphatic heterocycles. The number of hydrogen-bond acceptors (Lipinski definition) is 1. The van der Waals surface area contributed by atoms with Crippen molar-refractivity contribution in [3.8, 4) is 39.1 Å². The molecule has 1 heterocycles. The van der Waals surface area contributed by atoms with Crippen molar-refractivity contribution < 1.29 is 0 Å². The number of aromatic nitrogens is 1. The van der Waals surface area contributed by atoms with Gasteiger partial charge in [0.15, 0.2) is 0 Å². The minimum absolute atomic E-state index is 1.09. The van der Waals surface area contributed by atoms with E-state index in [1.54, 1.807) is 0 Å². The molecule has 1 aromatic heterocycles. The summed E-state index contributed by atoms with van der Waals surface area (Å²) >= 11 is 0. The van der Waals surface area contributed by atoms with Crippen molar-refractivity contribution in [1.29, 1.82) is 0 Å². The van der Waals surface area contributed by atoms with E-state index in [2.05, 4.69) is 240 Å². The summed E-state index contributed by atoms with van der Waals surface area (Å²) in [6.45, 7) is 0. The average molecular weight is 739 g/mol. The minimum Gasteiger partial charge on any atom is -0.310 e. The minimum atomic E-state index is 1.09. The van der Waals surface area contributed by atoms with E-state index in [-0.39, 0.29) is 0 Å². The molecule has 10 aromatic carbocycles. The zero-order valence-electron chi connectivity index (χ0n) is 31.8. The van der Waals surface area contributed by atoms with Gasteiger partial charge in [0.05, 0.1) is 22.4 Å². The van der Waals surface area contributed by atoms with Crippen LogP contribution in [0, 0.1) is 0 Å². The first-order valence-electron chi connectivity index (χ1n) is 19.9. The van der Waals surface area contributed by atoms with E-state index < -0.39 is 0 Å². The Balaban J connectivity index is 1.11. The lowest BCUT2D eigenvalue weighted by Gasteiger charge is -2.28. The Bertz CT molecular complexity index is 3260. The Hall–Kier alpha value is -7.68. The van der Waals surface area contributed by atoms with Gasteiger partial charge in [0.25, 0.3) is 0 Å². The van der Waals surface area contributed by atoms with Crippen molar-refractivity contribution in [3.05, 3.63) is 231 Å². The monoisotopic (exact) mass is 738 g/mol. The lowest BCUT2D eigenvalue weighted by molar-refractivity contribution is 1.18. The molecule has 0 aliphatic rings. The predicted octanol–water partition coefficient (Wildman–Crippen LogP) is 15.6. The molecule has 0 N–H and O–H groups in total. The number of anilines is 3. The molecule has 0 fully saturated rings. The Kier molecular flexibility index (Phi) is 8.19. The first-order chi connectivity index (χ1) is 28.8. The lowest BCUT2D eigenvalue weighted by atomic mass is 9.94. The highest BCUT2D eigenvalue weighted by molar-refractivity contribution is 6.12. The zero-order chi connectivity index (χ0) is 38.4. The summed E-state index contributed by atoms with van der Waals surface area (Å²) in [5.41, 5.74) is 14.1. The normalized spacial score (nSPS) is 11.4. The molecule has 0 spiro atoms. The van der Waals surface area contributed by atoms with E-state index in [1.165, 1.54) is 71.2 Å². The summed E-state index contributed by atoms with van der Waals surface area (Å²) in [7, 11) is 0. The molecule has 0 atom stereocenters. The van der Waals surface area contributed by atoms with Crippen molar-refractivity contribution in [2.24, 2.45) is 0 Å². The largest absolute Gasteiger partial charge is 0.310 e. The molecule has 11 aromatic rings. The van der Waals surface area contributed by atoms with E-state index in [0.717, 1.165) is 28.3 Å². The standard InChI is InChI=1S/C56H38N2/c1-3-16-39(17-4-1)40-30-32-42(33-31-40)46-36-37-55(50-24-10-9-23-47(46)50)57(43-20-5-2-6-21-43)44-34-35-52-51-26-12-14-29-54(51)58(56(52)38-44)53-28-13-11-25-49(53)48-27-15-19-41-18-7-8-22-45(41)48/h1-38H. The van der Waals surface area contributed by atoms with Gasteiger partial charge < -0.3 is 9.47 Å². The molecular formula is C56H38N2. The maximum Gasteiger partial charge on any atom is 0.0562 e. The number of nitrogens with zero attached hydrogens (tertiary/aromatic N) is 2. The van der Waals surface area contributed by atoms with Crippen LogP contribution >= 0.6 is 0 Å². The first kappa shape index (κ1) is 33.6. The zero-order valence-corrected chi connectivity index (χ0v) is 31.8. The molecule has 0 unspecified atom stereocenters. The summed E-state index contributed by atoms with van der Waals surface area (Å²) in [5, 5.41) is 7.35. The third kappa shape index (κ3) is 5.66. The molecule has 0 saturated carbocycles. The quantitative estimate of drug-likeness (QED) is 0.158. The smallest absolute Gasteiger partial charge is 0.0562 e. The highest BCUT2D eigenvalue weighted by Crippen LogP contribution is 2.45. The van der Waals surface area contributed by atoms with Gasteiger partial charge in [-0.1, -0.05) is 188 Å². The Morgan fingerprint density at radius 1 is 0.293 bits per heavy atom. The van der Waals surface area contributed by atoms with Gasteiger partial charge in [0, 0.05) is 33.1 Å². The molecule has 0 saturated heterocycles. The van der Waals surface area contributed by atoms with Crippen LogP contribution in [-0.2, 0) is 0 Å².